The van der Waals surface area contributed by atoms with Gasteiger partial charge in [-0.1, -0.05) is 31.9 Å². The quantitative estimate of drug-likeness (QED) is 0.251. The Morgan fingerprint density at radius 3 is 1.97 bits per heavy atom. The fraction of sp³-hybridized carbons (Fsp3) is 0.500. The van der Waals surface area contributed by atoms with Gasteiger partial charge in [0.2, 0.25) is 0 Å². The molecule has 3 nitrogen and oxygen atoms in total. The maximum Gasteiger partial charge on any atom is 0.314 e. The molecule has 2 aromatic carbocycles. The van der Waals surface area contributed by atoms with Crippen LogP contribution in [0.5, 0.6) is 11.5 Å². The maximum absolute atomic E-state index is 15.3. The third-order valence-electron chi connectivity index (χ3n) is 6.77. The highest BCUT2D eigenvalue weighted by Crippen LogP contribution is 2.52. The van der Waals surface area contributed by atoms with E-state index in [9.17, 15) is 13.6 Å². The number of carbonyl (C=O) groups is 1. The molecule has 2 aliphatic carbocycles. The minimum atomic E-state index is -2.44. The molecule has 0 aliphatic heterocycles. The summed E-state index contributed by atoms with van der Waals surface area (Å²) in [5.74, 6) is -3.04. The van der Waals surface area contributed by atoms with E-state index in [0.29, 0.717) is 18.8 Å². The van der Waals surface area contributed by atoms with Gasteiger partial charge in [-0.25, -0.2) is 17.6 Å². The molecule has 178 valence electrons. The predicted molar refractivity (Wildman–Crippen MR) is 117 cm³/mol. The first-order chi connectivity index (χ1) is 15.9. The summed E-state index contributed by atoms with van der Waals surface area (Å²) in [6.45, 7) is 3.93. The van der Waals surface area contributed by atoms with Gasteiger partial charge in [-0.05, 0) is 61.8 Å². The van der Waals surface area contributed by atoms with Crippen molar-refractivity contribution in [2.24, 2.45) is 11.8 Å². The molecule has 4 rings (SSSR count). The number of esters is 1. The van der Waals surface area contributed by atoms with Crippen molar-refractivity contribution in [1.29, 1.82) is 0 Å². The highest BCUT2D eigenvalue weighted by molar-refractivity contribution is 5.79. The predicted octanol–water partition coefficient (Wildman–Crippen LogP) is 7.58. The molecule has 2 aliphatic rings. The molecule has 2 atom stereocenters. The van der Waals surface area contributed by atoms with Gasteiger partial charge in [0.1, 0.15) is 0 Å². The van der Waals surface area contributed by atoms with Crippen molar-refractivity contribution in [1.82, 2.24) is 0 Å². The standard InChI is InChI=1S/C26H28F4O3/c1-3-5-14-6-8-15(9-7-14)26(31)33-19-13-11-17-16-10-12-18(32-4-2)22(27)20(16)24(29)25(30)21(17)23(19)28/h10-15,24-25H,3-9H2,1-2H3. The van der Waals surface area contributed by atoms with Crippen LogP contribution in [-0.4, -0.2) is 12.6 Å². The highest BCUT2D eigenvalue weighted by Gasteiger charge is 2.40. The zero-order valence-electron chi connectivity index (χ0n) is 18.8. The fourth-order valence-corrected chi connectivity index (χ4v) is 5.08. The molecule has 33 heavy (non-hydrogen) atoms. The van der Waals surface area contributed by atoms with E-state index >= 15 is 8.78 Å². The number of rotatable bonds is 6. The van der Waals surface area contributed by atoms with Crippen LogP contribution in [0.1, 0.15) is 75.8 Å². The number of halogens is 4. The first-order valence-corrected chi connectivity index (χ1v) is 11.6. The largest absolute Gasteiger partial charge is 0.491 e. The minimum absolute atomic E-state index is 0.0331. The van der Waals surface area contributed by atoms with Crippen LogP contribution in [-0.2, 0) is 4.79 Å². The number of hydrogen-bond acceptors (Lipinski definition) is 3. The number of fused-ring (bicyclic) bond motifs is 3. The SMILES string of the molecule is CCCC1CCC(C(=O)Oc2ccc3c(c2F)C(F)C(F)c2c-3ccc(OCC)c2F)CC1. The van der Waals surface area contributed by atoms with Crippen LogP contribution >= 0.6 is 0 Å². The molecule has 2 aromatic rings. The summed E-state index contributed by atoms with van der Waals surface area (Å²) < 4.78 is 70.5. The van der Waals surface area contributed by atoms with Gasteiger partial charge in [-0.15, -0.1) is 0 Å². The fourth-order valence-electron chi connectivity index (χ4n) is 5.08. The summed E-state index contributed by atoms with van der Waals surface area (Å²) in [7, 11) is 0. The van der Waals surface area contributed by atoms with E-state index in [1.54, 1.807) is 6.92 Å². The Balaban J connectivity index is 1.61. The lowest BCUT2D eigenvalue weighted by molar-refractivity contribution is -0.140. The average Bonchev–Trinajstić information content (AvgIpc) is 2.81. The van der Waals surface area contributed by atoms with Crippen LogP contribution in [0.4, 0.5) is 17.6 Å². The third-order valence-corrected chi connectivity index (χ3v) is 6.77. The normalized spacial score (nSPS) is 24.1. The Morgan fingerprint density at radius 1 is 0.879 bits per heavy atom. The summed E-state index contributed by atoms with van der Waals surface area (Å²) in [5.41, 5.74) is -0.964. The smallest absolute Gasteiger partial charge is 0.314 e. The molecule has 0 spiro atoms. The molecule has 0 bridgehead atoms. The molecule has 2 unspecified atom stereocenters. The van der Waals surface area contributed by atoms with Crippen LogP contribution < -0.4 is 9.47 Å². The average molecular weight is 464 g/mol. The number of carbonyl (C=O) groups excluding carboxylic acids is 1. The summed E-state index contributed by atoms with van der Waals surface area (Å²) >= 11 is 0. The molecule has 1 saturated carbocycles. The van der Waals surface area contributed by atoms with E-state index in [-0.39, 0.29) is 29.4 Å². The Labute approximate surface area is 191 Å². The molecule has 0 N–H and O–H groups in total. The zero-order valence-corrected chi connectivity index (χ0v) is 18.8. The van der Waals surface area contributed by atoms with E-state index in [1.807, 2.05) is 0 Å². The van der Waals surface area contributed by atoms with Crippen LogP contribution in [0.3, 0.4) is 0 Å². The summed E-state index contributed by atoms with van der Waals surface area (Å²) in [6, 6.07) is 5.27. The van der Waals surface area contributed by atoms with E-state index < -0.39 is 46.8 Å². The minimum Gasteiger partial charge on any atom is -0.491 e. The first kappa shape index (κ1) is 23.6. The summed E-state index contributed by atoms with van der Waals surface area (Å²) in [5, 5.41) is 0. The molecule has 0 heterocycles. The van der Waals surface area contributed by atoms with Gasteiger partial charge in [0, 0.05) is 11.1 Å². The summed E-state index contributed by atoms with van der Waals surface area (Å²) in [6.07, 6.45) is 0.541. The molecule has 0 amide bonds. The lowest BCUT2D eigenvalue weighted by atomic mass is 9.80. The molecule has 0 radical (unpaired) electrons. The van der Waals surface area contributed by atoms with Gasteiger partial charge >= 0.3 is 5.97 Å². The van der Waals surface area contributed by atoms with Crippen molar-refractivity contribution in [3.05, 3.63) is 47.0 Å². The van der Waals surface area contributed by atoms with E-state index in [1.165, 1.54) is 24.3 Å². The number of alkyl halides is 2. The van der Waals surface area contributed by atoms with Crippen molar-refractivity contribution in [2.45, 2.75) is 64.7 Å². The van der Waals surface area contributed by atoms with Gasteiger partial charge in [0.25, 0.3) is 0 Å². The Bertz CT molecular complexity index is 1030. The van der Waals surface area contributed by atoms with Gasteiger partial charge < -0.3 is 9.47 Å². The zero-order chi connectivity index (χ0) is 23.7. The highest BCUT2D eigenvalue weighted by atomic mass is 19.2. The van der Waals surface area contributed by atoms with Gasteiger partial charge in [-0.3, -0.25) is 4.79 Å². The maximum atomic E-state index is 15.3. The van der Waals surface area contributed by atoms with E-state index in [2.05, 4.69) is 6.92 Å². The molecule has 0 saturated heterocycles. The van der Waals surface area contributed by atoms with Crippen molar-refractivity contribution in [2.75, 3.05) is 6.61 Å². The third kappa shape index (κ3) is 4.34. The lowest BCUT2D eigenvalue weighted by Gasteiger charge is -2.29. The monoisotopic (exact) mass is 464 g/mol. The molecular formula is C26H28F4O3. The van der Waals surface area contributed by atoms with Crippen LogP contribution in [0.15, 0.2) is 24.3 Å². The van der Waals surface area contributed by atoms with Crippen molar-refractivity contribution >= 4 is 5.97 Å². The Hall–Kier alpha value is -2.57. The second kappa shape index (κ2) is 9.74. The van der Waals surface area contributed by atoms with Gasteiger partial charge in [0.05, 0.1) is 12.5 Å². The van der Waals surface area contributed by atoms with E-state index in [4.69, 9.17) is 9.47 Å². The Kier molecular flexibility index (Phi) is 6.96. The van der Waals surface area contributed by atoms with Crippen LogP contribution in [0, 0.1) is 23.5 Å². The van der Waals surface area contributed by atoms with Crippen LogP contribution in [0.25, 0.3) is 11.1 Å². The second-order valence-corrected chi connectivity index (χ2v) is 8.84. The molecule has 0 aromatic heterocycles. The van der Waals surface area contributed by atoms with Crippen LogP contribution in [0.2, 0.25) is 0 Å². The topological polar surface area (TPSA) is 35.5 Å². The number of benzene rings is 2. The number of ether oxygens (including phenoxy) is 2. The first-order valence-electron chi connectivity index (χ1n) is 11.6. The second-order valence-electron chi connectivity index (χ2n) is 8.84. The number of hydrogen-bond donors (Lipinski definition) is 0. The van der Waals surface area contributed by atoms with Crippen molar-refractivity contribution in [3.63, 3.8) is 0 Å². The molecular weight excluding hydrogens is 436 g/mol. The summed E-state index contributed by atoms with van der Waals surface area (Å²) in [4.78, 5) is 12.6. The lowest BCUT2D eigenvalue weighted by Crippen LogP contribution is -2.26. The van der Waals surface area contributed by atoms with Crippen molar-refractivity contribution < 1.29 is 31.8 Å². The van der Waals surface area contributed by atoms with E-state index in [0.717, 1.165) is 25.7 Å². The molecule has 1 fully saturated rings. The molecule has 7 heteroatoms. The van der Waals surface area contributed by atoms with Crippen molar-refractivity contribution in [3.8, 4) is 22.6 Å². The Morgan fingerprint density at radius 2 is 1.42 bits per heavy atom. The van der Waals surface area contributed by atoms with Gasteiger partial charge in [-0.2, -0.15) is 0 Å². The van der Waals surface area contributed by atoms with Gasteiger partial charge in [0.15, 0.2) is 35.5 Å².